The van der Waals surface area contributed by atoms with E-state index in [1.807, 2.05) is 16.7 Å². The number of piperidine rings is 1. The topological polar surface area (TPSA) is 146 Å². The number of thiol groups is 1. The highest BCUT2D eigenvalue weighted by Gasteiger charge is 2.34. The number of sulfonamides is 1. The van der Waals surface area contributed by atoms with Gasteiger partial charge in [-0.25, -0.2) is 8.42 Å². The highest BCUT2D eigenvalue weighted by atomic mass is 32.2. The van der Waals surface area contributed by atoms with Gasteiger partial charge in [-0.2, -0.15) is 4.31 Å². The lowest BCUT2D eigenvalue weighted by atomic mass is 9.98. The van der Waals surface area contributed by atoms with Crippen LogP contribution in [-0.2, 0) is 19.6 Å². The maximum atomic E-state index is 13.3. The maximum absolute atomic E-state index is 13.3. The van der Waals surface area contributed by atoms with Crippen LogP contribution in [0.25, 0.3) is 10.8 Å². The Bertz CT molecular complexity index is 1510. The highest BCUT2D eigenvalue weighted by molar-refractivity contribution is 7.89. The van der Waals surface area contributed by atoms with Crippen LogP contribution in [0.3, 0.4) is 0 Å². The number of nitroso groups, excluding NO2 is 1. The Kier molecular flexibility index (Phi) is 9.40. The lowest BCUT2D eigenvalue weighted by Crippen LogP contribution is -2.43. The minimum Gasteiger partial charge on any atom is -0.508 e. The van der Waals surface area contributed by atoms with Crippen LogP contribution >= 0.6 is 12.8 Å². The summed E-state index contributed by atoms with van der Waals surface area (Å²) >= 11 is 2.86. The van der Waals surface area contributed by atoms with E-state index in [-0.39, 0.29) is 29.0 Å². The number of methoxy groups -OCH3 is 1. The van der Waals surface area contributed by atoms with E-state index in [9.17, 15) is 23.1 Å². The molecule has 5 rings (SSSR count). The van der Waals surface area contributed by atoms with Gasteiger partial charge in [0.25, 0.3) is 5.91 Å². The Labute approximate surface area is 237 Å². The van der Waals surface area contributed by atoms with Crippen molar-refractivity contribution in [2.45, 2.75) is 24.2 Å². The lowest BCUT2D eigenvalue weighted by molar-refractivity contribution is -0.120. The molecule has 13 heteroatoms. The van der Waals surface area contributed by atoms with Crippen LogP contribution in [-0.4, -0.2) is 63.0 Å². The van der Waals surface area contributed by atoms with Crippen molar-refractivity contribution in [3.05, 3.63) is 65.1 Å². The van der Waals surface area contributed by atoms with Gasteiger partial charge in [-0.3, -0.25) is 9.59 Å². The third-order valence-corrected chi connectivity index (χ3v) is 8.88. The van der Waals surface area contributed by atoms with Crippen LogP contribution in [0.1, 0.15) is 29.6 Å². The Morgan fingerprint density at radius 1 is 1.18 bits per heavy atom. The normalized spacial score (nSPS) is 16.9. The van der Waals surface area contributed by atoms with Crippen molar-refractivity contribution in [2.24, 2.45) is 10.5 Å². The quantitative estimate of drug-likeness (QED) is 0.204. The summed E-state index contributed by atoms with van der Waals surface area (Å²) in [4.78, 5) is 36.6. The van der Waals surface area contributed by atoms with Gasteiger partial charge in [0.15, 0.2) is 0 Å². The molecule has 0 radical (unpaired) electrons. The summed E-state index contributed by atoms with van der Waals surface area (Å²) in [7, 11) is -2.16. The Hall–Kier alpha value is -3.52. The average Bonchev–Trinajstić information content (AvgIpc) is 3.23. The fraction of sp³-hybridized carbons (Fsp3) is 0.333. The molecule has 0 aliphatic carbocycles. The second-order valence-electron chi connectivity index (χ2n) is 9.43. The van der Waals surface area contributed by atoms with Gasteiger partial charge in [-0.15, -0.1) is 4.91 Å². The van der Waals surface area contributed by atoms with Crippen molar-refractivity contribution in [3.8, 4) is 5.75 Å². The number of phenols is 1. The van der Waals surface area contributed by atoms with Crippen LogP contribution in [0, 0.1) is 10.8 Å². The molecule has 11 nitrogen and oxygen atoms in total. The van der Waals surface area contributed by atoms with E-state index >= 15 is 0 Å². The smallest absolute Gasteiger partial charge is 0.258 e. The van der Waals surface area contributed by atoms with Gasteiger partial charge in [-0.05, 0) is 61.7 Å². The minimum absolute atomic E-state index is 0.0139. The number of carbonyl (C=O) groups excluding carboxylic acids is 2. The number of rotatable bonds is 8. The lowest BCUT2D eigenvalue weighted by Gasteiger charge is -2.31. The molecule has 1 unspecified atom stereocenters. The Balaban J connectivity index is 0.00000118. The molecule has 2 amide bonds. The SMILES string of the molecule is COCCCN1C(=O)c2cccc3c(NC(=O)C4CCCN(S(=O)(=O)c5ccc(O)cc5)C4)ccc1c23.O=NS. The van der Waals surface area contributed by atoms with E-state index in [0.29, 0.717) is 50.2 Å². The first-order valence-corrected chi connectivity index (χ1v) is 14.5. The minimum atomic E-state index is -3.79. The van der Waals surface area contributed by atoms with Crippen molar-refractivity contribution >= 4 is 56.8 Å². The number of hydrogen-bond acceptors (Lipinski definition) is 8. The summed E-state index contributed by atoms with van der Waals surface area (Å²) < 4.78 is 34.6. The van der Waals surface area contributed by atoms with Crippen molar-refractivity contribution in [2.75, 3.05) is 43.6 Å². The molecule has 40 heavy (non-hydrogen) atoms. The summed E-state index contributed by atoms with van der Waals surface area (Å²) in [6.07, 6.45) is 1.84. The molecule has 2 aliphatic heterocycles. The summed E-state index contributed by atoms with van der Waals surface area (Å²) in [5.41, 5.74) is 2.01. The molecule has 2 N–H and O–H groups in total. The van der Waals surface area contributed by atoms with Gasteiger partial charge in [0, 0.05) is 72.8 Å². The summed E-state index contributed by atoms with van der Waals surface area (Å²) in [5, 5.41) is 14.1. The number of amides is 2. The molecule has 2 aliphatic rings. The number of nitrogens with zero attached hydrogens (tertiary/aromatic N) is 3. The van der Waals surface area contributed by atoms with Crippen molar-refractivity contribution in [3.63, 3.8) is 0 Å². The molecule has 0 bridgehead atoms. The molecule has 1 saturated heterocycles. The predicted octanol–water partition coefficient (Wildman–Crippen LogP) is 4.18. The molecule has 212 valence electrons. The first-order valence-electron chi connectivity index (χ1n) is 12.7. The van der Waals surface area contributed by atoms with E-state index in [1.54, 1.807) is 30.2 Å². The molecule has 2 heterocycles. The zero-order chi connectivity index (χ0) is 28.9. The zero-order valence-corrected chi connectivity index (χ0v) is 23.5. The molecule has 0 saturated carbocycles. The van der Waals surface area contributed by atoms with Gasteiger partial charge in [-0.1, -0.05) is 12.1 Å². The van der Waals surface area contributed by atoms with E-state index < -0.39 is 15.9 Å². The second kappa shape index (κ2) is 12.8. The van der Waals surface area contributed by atoms with Gasteiger partial charge in [0.05, 0.1) is 16.5 Å². The molecule has 1 atom stereocenters. The van der Waals surface area contributed by atoms with Gasteiger partial charge >= 0.3 is 0 Å². The summed E-state index contributed by atoms with van der Waals surface area (Å²) in [6, 6.07) is 14.5. The van der Waals surface area contributed by atoms with Crippen LogP contribution in [0.5, 0.6) is 5.75 Å². The molecular formula is C27H30N4O7S2. The third-order valence-electron chi connectivity index (χ3n) is 7.00. The molecule has 0 aromatic heterocycles. The van der Waals surface area contributed by atoms with Crippen LogP contribution < -0.4 is 10.2 Å². The largest absolute Gasteiger partial charge is 0.508 e. The summed E-state index contributed by atoms with van der Waals surface area (Å²) in [5.74, 6) is -0.856. The number of anilines is 2. The number of ether oxygens (including phenoxy) is 1. The number of hydrogen-bond donors (Lipinski definition) is 3. The average molecular weight is 587 g/mol. The fourth-order valence-corrected chi connectivity index (χ4v) is 6.64. The van der Waals surface area contributed by atoms with Gasteiger partial charge in [0.1, 0.15) is 5.75 Å². The van der Waals surface area contributed by atoms with E-state index in [4.69, 9.17) is 9.64 Å². The van der Waals surface area contributed by atoms with E-state index in [2.05, 4.69) is 18.1 Å². The van der Waals surface area contributed by atoms with Crippen molar-refractivity contribution < 1.29 is 27.9 Å². The van der Waals surface area contributed by atoms with Crippen LogP contribution in [0.4, 0.5) is 11.4 Å². The van der Waals surface area contributed by atoms with Crippen molar-refractivity contribution in [1.82, 2.24) is 4.31 Å². The monoisotopic (exact) mass is 586 g/mol. The number of aromatic hydroxyl groups is 1. The fourth-order valence-electron chi connectivity index (χ4n) is 5.12. The van der Waals surface area contributed by atoms with Crippen molar-refractivity contribution in [1.29, 1.82) is 0 Å². The van der Waals surface area contributed by atoms with Crippen LogP contribution in [0.15, 0.2) is 64.1 Å². The number of benzene rings is 3. The number of carbonyl (C=O) groups is 2. The Morgan fingerprint density at radius 2 is 1.90 bits per heavy atom. The molecule has 0 spiro atoms. The van der Waals surface area contributed by atoms with Gasteiger partial charge in [0.2, 0.25) is 15.9 Å². The standard InChI is InChI=1S/C27H29N3O6S.HNOS/c1-36-16-4-15-30-24-13-12-23(21-6-2-7-22(25(21)24)27(30)33)28-26(32)18-5-3-14-29(17-18)37(34,35)20-10-8-19(31)9-11-20;2-1-3/h2,6-13,18,31H,3-5,14-17H2,1H3,(H,28,32);(H,2,3). The first kappa shape index (κ1) is 29.5. The van der Waals surface area contributed by atoms with E-state index in [1.165, 1.54) is 28.6 Å². The molecule has 3 aromatic rings. The third kappa shape index (κ3) is 5.97. The summed E-state index contributed by atoms with van der Waals surface area (Å²) in [6.45, 7) is 1.49. The van der Waals surface area contributed by atoms with E-state index in [0.717, 1.165) is 16.5 Å². The zero-order valence-electron chi connectivity index (χ0n) is 21.8. The number of phenolic OH excluding ortho intramolecular Hbond substituents is 1. The molecule has 1 fully saturated rings. The van der Waals surface area contributed by atoms with Gasteiger partial charge < -0.3 is 20.1 Å². The van der Waals surface area contributed by atoms with Crippen LogP contribution in [0.2, 0.25) is 0 Å². The molecular weight excluding hydrogens is 556 g/mol. The maximum Gasteiger partial charge on any atom is 0.258 e. The number of nitrogens with one attached hydrogen (secondary N) is 1. The first-order chi connectivity index (χ1) is 19.2. The highest BCUT2D eigenvalue weighted by Crippen LogP contribution is 2.41. The second-order valence-corrected chi connectivity index (χ2v) is 11.5. The predicted molar refractivity (Wildman–Crippen MR) is 155 cm³/mol. The Morgan fingerprint density at radius 3 is 2.60 bits per heavy atom. The molecule has 3 aromatic carbocycles.